The maximum Gasteiger partial charge on any atom is 0.226 e. The number of rotatable bonds is 5. The molecule has 0 aliphatic carbocycles. The van der Waals surface area contributed by atoms with Crippen LogP contribution in [0.3, 0.4) is 0 Å². The van der Waals surface area contributed by atoms with Gasteiger partial charge in [0.15, 0.2) is 11.5 Å². The van der Waals surface area contributed by atoms with E-state index in [0.29, 0.717) is 42.8 Å². The van der Waals surface area contributed by atoms with Crippen molar-refractivity contribution in [1.82, 2.24) is 4.90 Å². The van der Waals surface area contributed by atoms with Crippen LogP contribution in [0.1, 0.15) is 19.4 Å². The van der Waals surface area contributed by atoms with E-state index in [2.05, 4.69) is 0 Å². The molecular formula is C16H23ClN2O3. The highest BCUT2D eigenvalue weighted by Crippen LogP contribution is 2.38. The highest BCUT2D eigenvalue weighted by Gasteiger charge is 2.22. The van der Waals surface area contributed by atoms with E-state index in [-0.39, 0.29) is 17.7 Å². The molecular weight excluding hydrogens is 304 g/mol. The minimum atomic E-state index is -0.102. The van der Waals surface area contributed by atoms with Crippen molar-refractivity contribution < 1.29 is 14.3 Å². The largest absolute Gasteiger partial charge is 0.486 e. The molecule has 0 saturated carbocycles. The Hall–Kier alpha value is -1.46. The van der Waals surface area contributed by atoms with E-state index in [0.717, 1.165) is 5.56 Å². The fourth-order valence-corrected chi connectivity index (χ4v) is 2.66. The van der Waals surface area contributed by atoms with Gasteiger partial charge in [-0.15, -0.1) is 0 Å². The van der Waals surface area contributed by atoms with Gasteiger partial charge in [0.25, 0.3) is 0 Å². The molecule has 1 heterocycles. The van der Waals surface area contributed by atoms with Gasteiger partial charge in [-0.25, -0.2) is 0 Å². The average Bonchev–Trinajstić information content (AvgIpc) is 2.47. The highest BCUT2D eigenvalue weighted by atomic mass is 35.5. The van der Waals surface area contributed by atoms with Gasteiger partial charge in [0.05, 0.1) is 11.4 Å². The summed E-state index contributed by atoms with van der Waals surface area (Å²) in [6, 6.07) is 3.58. The van der Waals surface area contributed by atoms with Gasteiger partial charge in [-0.2, -0.15) is 0 Å². The molecule has 2 N–H and O–H groups in total. The molecule has 1 amide bonds. The van der Waals surface area contributed by atoms with Crippen LogP contribution in [-0.4, -0.2) is 44.2 Å². The Morgan fingerprint density at radius 1 is 1.36 bits per heavy atom. The molecule has 0 atom stereocenters. The van der Waals surface area contributed by atoms with Crippen LogP contribution in [-0.2, 0) is 11.2 Å². The highest BCUT2D eigenvalue weighted by molar-refractivity contribution is 6.32. The van der Waals surface area contributed by atoms with Gasteiger partial charge in [-0.1, -0.05) is 25.4 Å². The molecule has 5 nitrogen and oxygen atoms in total. The SMILES string of the molecule is CN(CC(C)(C)CN)C(=O)Cc1cc(Cl)c2c(c1)OCCO2. The van der Waals surface area contributed by atoms with Crippen LogP contribution in [0, 0.1) is 5.41 Å². The summed E-state index contributed by atoms with van der Waals surface area (Å²) in [6.07, 6.45) is 0.271. The zero-order valence-corrected chi connectivity index (χ0v) is 14.1. The van der Waals surface area contributed by atoms with Gasteiger partial charge in [0.2, 0.25) is 5.91 Å². The third kappa shape index (κ3) is 4.05. The molecule has 0 unspecified atom stereocenters. The van der Waals surface area contributed by atoms with Gasteiger partial charge in [-0.05, 0) is 29.7 Å². The summed E-state index contributed by atoms with van der Waals surface area (Å²) >= 11 is 6.19. The van der Waals surface area contributed by atoms with Gasteiger partial charge in [0.1, 0.15) is 13.2 Å². The van der Waals surface area contributed by atoms with Gasteiger partial charge in [-0.3, -0.25) is 4.79 Å². The first-order valence-corrected chi connectivity index (χ1v) is 7.72. The number of likely N-dealkylation sites (N-methyl/N-ethyl adjacent to an activating group) is 1. The number of ether oxygens (including phenoxy) is 2. The molecule has 1 aliphatic heterocycles. The lowest BCUT2D eigenvalue weighted by atomic mass is 9.93. The number of hydrogen-bond acceptors (Lipinski definition) is 4. The summed E-state index contributed by atoms with van der Waals surface area (Å²) in [5.41, 5.74) is 6.43. The number of nitrogens with zero attached hydrogens (tertiary/aromatic N) is 1. The number of nitrogens with two attached hydrogens (primary N) is 1. The maximum atomic E-state index is 12.4. The molecule has 0 spiro atoms. The van der Waals surface area contributed by atoms with Crippen LogP contribution >= 0.6 is 11.6 Å². The first-order chi connectivity index (χ1) is 10.3. The molecule has 1 aliphatic rings. The number of fused-ring (bicyclic) bond motifs is 1. The predicted molar refractivity (Wildman–Crippen MR) is 86.6 cm³/mol. The van der Waals surface area contributed by atoms with Crippen molar-refractivity contribution in [2.45, 2.75) is 20.3 Å². The van der Waals surface area contributed by atoms with Crippen molar-refractivity contribution in [3.05, 3.63) is 22.7 Å². The maximum absolute atomic E-state index is 12.4. The molecule has 1 aromatic carbocycles. The first-order valence-electron chi connectivity index (χ1n) is 7.34. The minimum Gasteiger partial charge on any atom is -0.486 e. The monoisotopic (exact) mass is 326 g/mol. The number of amides is 1. The second kappa shape index (κ2) is 6.75. The summed E-state index contributed by atoms with van der Waals surface area (Å²) in [6.45, 7) is 6.20. The summed E-state index contributed by atoms with van der Waals surface area (Å²) in [5.74, 6) is 1.18. The van der Waals surface area contributed by atoms with E-state index in [4.69, 9.17) is 26.8 Å². The Balaban J connectivity index is 2.07. The van der Waals surface area contributed by atoms with Gasteiger partial charge >= 0.3 is 0 Å². The zero-order valence-electron chi connectivity index (χ0n) is 13.3. The van der Waals surface area contributed by atoms with E-state index in [1.165, 1.54) is 0 Å². The predicted octanol–water partition coefficient (Wildman–Crippen LogP) is 2.10. The summed E-state index contributed by atoms with van der Waals surface area (Å²) in [7, 11) is 1.79. The number of benzene rings is 1. The second-order valence-electron chi connectivity index (χ2n) is 6.40. The molecule has 0 aromatic heterocycles. The van der Waals surface area contributed by atoms with Crippen LogP contribution in [0.2, 0.25) is 5.02 Å². The third-order valence-corrected chi connectivity index (χ3v) is 3.94. The Morgan fingerprint density at radius 3 is 2.73 bits per heavy atom. The van der Waals surface area contributed by atoms with Crippen LogP contribution in [0.15, 0.2) is 12.1 Å². The zero-order chi connectivity index (χ0) is 16.3. The molecule has 0 bridgehead atoms. The molecule has 2 rings (SSSR count). The Morgan fingerprint density at radius 2 is 2.05 bits per heavy atom. The lowest BCUT2D eigenvalue weighted by molar-refractivity contribution is -0.130. The van der Waals surface area contributed by atoms with Crippen LogP contribution in [0.5, 0.6) is 11.5 Å². The fourth-order valence-electron chi connectivity index (χ4n) is 2.37. The average molecular weight is 327 g/mol. The molecule has 0 radical (unpaired) electrons. The quantitative estimate of drug-likeness (QED) is 0.900. The fraction of sp³-hybridized carbons (Fsp3) is 0.562. The number of hydrogen-bond donors (Lipinski definition) is 1. The number of carbonyl (C=O) groups is 1. The van der Waals surface area contributed by atoms with Crippen molar-refractivity contribution >= 4 is 17.5 Å². The summed E-state index contributed by atoms with van der Waals surface area (Å²) < 4.78 is 11.0. The molecule has 0 fully saturated rings. The van der Waals surface area contributed by atoms with Gasteiger partial charge in [0, 0.05) is 13.6 Å². The first kappa shape index (κ1) is 16.9. The topological polar surface area (TPSA) is 64.8 Å². The smallest absolute Gasteiger partial charge is 0.226 e. The summed E-state index contributed by atoms with van der Waals surface area (Å²) in [5, 5.41) is 0.477. The molecule has 6 heteroatoms. The van der Waals surface area contributed by atoms with Crippen LogP contribution < -0.4 is 15.2 Å². The minimum absolute atomic E-state index is 0.0225. The number of carbonyl (C=O) groups excluding carboxylic acids is 1. The molecule has 1 aromatic rings. The molecule has 122 valence electrons. The second-order valence-corrected chi connectivity index (χ2v) is 6.80. The van der Waals surface area contributed by atoms with Crippen molar-refractivity contribution in [1.29, 1.82) is 0 Å². The van der Waals surface area contributed by atoms with E-state index < -0.39 is 0 Å². The van der Waals surface area contributed by atoms with E-state index in [1.54, 1.807) is 18.0 Å². The lowest BCUT2D eigenvalue weighted by Gasteiger charge is -2.29. The van der Waals surface area contributed by atoms with Crippen LogP contribution in [0.4, 0.5) is 0 Å². The Bertz CT molecular complexity index is 561. The van der Waals surface area contributed by atoms with Crippen LogP contribution in [0.25, 0.3) is 0 Å². The van der Waals surface area contributed by atoms with Crippen molar-refractivity contribution in [2.24, 2.45) is 11.1 Å². The van der Waals surface area contributed by atoms with E-state index in [1.807, 2.05) is 19.9 Å². The normalized spacial score (nSPS) is 13.9. The number of halogens is 1. The Labute approximate surface area is 136 Å². The van der Waals surface area contributed by atoms with E-state index >= 15 is 0 Å². The molecule has 22 heavy (non-hydrogen) atoms. The van der Waals surface area contributed by atoms with Gasteiger partial charge < -0.3 is 20.1 Å². The van der Waals surface area contributed by atoms with Crippen molar-refractivity contribution in [3.63, 3.8) is 0 Å². The Kier molecular flexibility index (Phi) is 5.19. The van der Waals surface area contributed by atoms with Crippen molar-refractivity contribution in [2.75, 3.05) is 33.4 Å². The van der Waals surface area contributed by atoms with Crippen molar-refractivity contribution in [3.8, 4) is 11.5 Å². The lowest BCUT2D eigenvalue weighted by Crippen LogP contribution is -2.40. The summed E-state index contributed by atoms with van der Waals surface area (Å²) in [4.78, 5) is 14.1. The van der Waals surface area contributed by atoms with E-state index in [9.17, 15) is 4.79 Å². The molecule has 0 saturated heterocycles. The third-order valence-electron chi connectivity index (χ3n) is 3.66. The standard InChI is InChI=1S/C16H23ClN2O3/c1-16(2,9-18)10-19(3)14(20)8-11-6-12(17)15-13(7-11)21-4-5-22-15/h6-7H,4-5,8-10,18H2,1-3H3.